The van der Waals surface area contributed by atoms with Gasteiger partial charge in [-0.2, -0.15) is 9.29 Å². The summed E-state index contributed by atoms with van der Waals surface area (Å²) in [6.45, 7) is 2.32. The van der Waals surface area contributed by atoms with Gasteiger partial charge < -0.3 is 4.52 Å². The van der Waals surface area contributed by atoms with Gasteiger partial charge >= 0.3 is 0 Å². The number of rotatable bonds is 4. The van der Waals surface area contributed by atoms with Crippen LogP contribution >= 0.6 is 0 Å². The number of hydrogen-bond acceptors (Lipinski definition) is 6. The zero-order valence-electron chi connectivity index (χ0n) is 11.7. The summed E-state index contributed by atoms with van der Waals surface area (Å²) < 4.78 is 44.2. The number of hydrogen-bond donors (Lipinski definition) is 0. The fourth-order valence-electron chi connectivity index (χ4n) is 2.37. The zero-order chi connectivity index (χ0) is 15.6. The van der Waals surface area contributed by atoms with Crippen LogP contribution in [-0.2, 0) is 16.6 Å². The molecule has 0 radical (unpaired) electrons. The van der Waals surface area contributed by atoms with Crippen molar-refractivity contribution in [2.75, 3.05) is 26.2 Å². The van der Waals surface area contributed by atoms with Crippen molar-refractivity contribution in [3.63, 3.8) is 0 Å². The second kappa shape index (κ2) is 6.11. The molecule has 3 rings (SSSR count). The minimum Gasteiger partial charge on any atom is -0.343 e. The summed E-state index contributed by atoms with van der Waals surface area (Å²) in [7, 11) is -3.65. The number of benzene rings is 1. The van der Waals surface area contributed by atoms with Gasteiger partial charge in [-0.25, -0.2) is 12.8 Å². The van der Waals surface area contributed by atoms with E-state index in [0.29, 0.717) is 38.5 Å². The van der Waals surface area contributed by atoms with Crippen LogP contribution in [0.15, 0.2) is 40.1 Å². The van der Waals surface area contributed by atoms with Gasteiger partial charge in [0.05, 0.1) is 11.4 Å². The van der Waals surface area contributed by atoms with Crippen LogP contribution in [0.5, 0.6) is 0 Å². The summed E-state index contributed by atoms with van der Waals surface area (Å²) in [5, 5.41) is 3.73. The molecular formula is C13H15FN4O3S. The van der Waals surface area contributed by atoms with Crippen LogP contribution in [0, 0.1) is 5.82 Å². The van der Waals surface area contributed by atoms with Crippen LogP contribution in [0.25, 0.3) is 0 Å². The number of halogens is 1. The first kappa shape index (κ1) is 15.1. The van der Waals surface area contributed by atoms with Crippen LogP contribution in [0.4, 0.5) is 4.39 Å². The van der Waals surface area contributed by atoms with Gasteiger partial charge in [0.25, 0.3) is 0 Å². The van der Waals surface area contributed by atoms with E-state index in [1.54, 1.807) is 0 Å². The highest BCUT2D eigenvalue weighted by Gasteiger charge is 2.29. The van der Waals surface area contributed by atoms with E-state index in [9.17, 15) is 12.8 Å². The molecule has 0 saturated carbocycles. The van der Waals surface area contributed by atoms with E-state index in [1.807, 2.05) is 4.90 Å². The Morgan fingerprint density at radius 1 is 1.23 bits per heavy atom. The molecule has 1 aliphatic heterocycles. The minimum absolute atomic E-state index is 0.0147. The third-order valence-corrected chi connectivity index (χ3v) is 5.43. The predicted molar refractivity (Wildman–Crippen MR) is 74.7 cm³/mol. The van der Waals surface area contributed by atoms with Crippen molar-refractivity contribution in [1.29, 1.82) is 0 Å². The summed E-state index contributed by atoms with van der Waals surface area (Å²) in [5.74, 6) is 0.0123. The Hall–Kier alpha value is -1.84. The molecule has 0 bridgehead atoms. The molecule has 1 fully saturated rings. The van der Waals surface area contributed by atoms with Crippen molar-refractivity contribution in [3.05, 3.63) is 42.3 Å². The SMILES string of the molecule is O=S(=O)(c1cccc(F)c1)N1CCN(Cc2ncon2)CC1. The Morgan fingerprint density at radius 3 is 2.64 bits per heavy atom. The lowest BCUT2D eigenvalue weighted by atomic mass is 10.3. The average Bonchev–Trinajstić information content (AvgIpc) is 3.01. The van der Waals surface area contributed by atoms with Crippen molar-refractivity contribution in [1.82, 2.24) is 19.3 Å². The smallest absolute Gasteiger partial charge is 0.243 e. The topological polar surface area (TPSA) is 79.5 Å². The Balaban J connectivity index is 1.65. The third kappa shape index (κ3) is 3.16. The van der Waals surface area contributed by atoms with Crippen LogP contribution in [-0.4, -0.2) is 53.9 Å². The number of aromatic nitrogens is 2. The van der Waals surface area contributed by atoms with E-state index >= 15 is 0 Å². The largest absolute Gasteiger partial charge is 0.343 e. The summed E-state index contributed by atoms with van der Waals surface area (Å²) in [6.07, 6.45) is 1.26. The molecule has 0 unspecified atom stereocenters. The van der Waals surface area contributed by atoms with Crippen molar-refractivity contribution < 1.29 is 17.3 Å². The van der Waals surface area contributed by atoms with E-state index < -0.39 is 15.8 Å². The maximum Gasteiger partial charge on any atom is 0.243 e. The second-order valence-corrected chi connectivity index (χ2v) is 6.92. The van der Waals surface area contributed by atoms with Gasteiger partial charge in [-0.15, -0.1) is 0 Å². The Kier molecular flexibility index (Phi) is 4.19. The van der Waals surface area contributed by atoms with Gasteiger partial charge in [-0.3, -0.25) is 4.90 Å². The summed E-state index contributed by atoms with van der Waals surface area (Å²) >= 11 is 0. The highest BCUT2D eigenvalue weighted by Crippen LogP contribution is 2.18. The lowest BCUT2D eigenvalue weighted by Gasteiger charge is -2.33. The molecule has 2 heterocycles. The van der Waals surface area contributed by atoms with E-state index in [4.69, 9.17) is 0 Å². The van der Waals surface area contributed by atoms with E-state index in [2.05, 4.69) is 14.7 Å². The van der Waals surface area contributed by atoms with Gasteiger partial charge in [-0.05, 0) is 18.2 Å². The molecule has 9 heteroatoms. The molecule has 0 aliphatic carbocycles. The van der Waals surface area contributed by atoms with Crippen molar-refractivity contribution in [2.24, 2.45) is 0 Å². The molecule has 1 saturated heterocycles. The molecule has 1 aliphatic rings. The normalized spacial score (nSPS) is 17.7. The molecule has 2 aromatic rings. The van der Waals surface area contributed by atoms with Crippen molar-refractivity contribution in [2.45, 2.75) is 11.4 Å². The maximum absolute atomic E-state index is 13.2. The average molecular weight is 326 g/mol. The summed E-state index contributed by atoms with van der Waals surface area (Å²) in [4.78, 5) is 5.97. The van der Waals surface area contributed by atoms with Gasteiger partial charge in [0.15, 0.2) is 5.82 Å². The quantitative estimate of drug-likeness (QED) is 0.823. The van der Waals surface area contributed by atoms with Crippen LogP contribution < -0.4 is 0 Å². The molecule has 0 atom stereocenters. The van der Waals surface area contributed by atoms with Crippen LogP contribution in [0.2, 0.25) is 0 Å². The van der Waals surface area contributed by atoms with Crippen LogP contribution in [0.1, 0.15) is 5.82 Å². The van der Waals surface area contributed by atoms with E-state index in [1.165, 1.54) is 28.9 Å². The number of nitrogens with zero attached hydrogens (tertiary/aromatic N) is 4. The number of piperazine rings is 1. The second-order valence-electron chi connectivity index (χ2n) is 4.99. The highest BCUT2D eigenvalue weighted by molar-refractivity contribution is 7.89. The van der Waals surface area contributed by atoms with Gasteiger partial charge in [-0.1, -0.05) is 11.2 Å². The van der Waals surface area contributed by atoms with Crippen LogP contribution in [0.3, 0.4) is 0 Å². The third-order valence-electron chi connectivity index (χ3n) is 3.54. The lowest BCUT2D eigenvalue weighted by Crippen LogP contribution is -2.48. The molecule has 118 valence electrons. The molecule has 0 amide bonds. The molecule has 7 nitrogen and oxygen atoms in total. The lowest BCUT2D eigenvalue weighted by molar-refractivity contribution is 0.176. The molecule has 1 aromatic heterocycles. The van der Waals surface area contributed by atoms with Crippen molar-refractivity contribution >= 4 is 10.0 Å². The first-order valence-corrected chi connectivity index (χ1v) is 8.23. The Morgan fingerprint density at radius 2 is 2.00 bits per heavy atom. The van der Waals surface area contributed by atoms with Gasteiger partial charge in [0.2, 0.25) is 16.4 Å². The van der Waals surface area contributed by atoms with E-state index in [0.717, 1.165) is 6.07 Å². The molecule has 0 spiro atoms. The molecule has 22 heavy (non-hydrogen) atoms. The monoisotopic (exact) mass is 326 g/mol. The Labute approximate surface area is 127 Å². The zero-order valence-corrected chi connectivity index (χ0v) is 12.5. The Bertz CT molecular complexity index is 728. The predicted octanol–water partition coefficient (Wildman–Crippen LogP) is 0.715. The molecule has 0 N–H and O–H groups in total. The molecule has 1 aromatic carbocycles. The minimum atomic E-state index is -3.65. The molecular weight excluding hydrogens is 311 g/mol. The standard InChI is InChI=1S/C13H15FN4O3S/c14-11-2-1-3-12(8-11)22(19,20)18-6-4-17(5-7-18)9-13-15-10-21-16-13/h1-3,8,10H,4-7,9H2. The fourth-order valence-corrected chi connectivity index (χ4v) is 3.82. The fraction of sp³-hybridized carbons (Fsp3) is 0.385. The summed E-state index contributed by atoms with van der Waals surface area (Å²) in [6, 6.07) is 5.07. The first-order valence-electron chi connectivity index (χ1n) is 6.79. The van der Waals surface area contributed by atoms with E-state index in [-0.39, 0.29) is 4.90 Å². The summed E-state index contributed by atoms with van der Waals surface area (Å²) in [5.41, 5.74) is 0. The number of sulfonamides is 1. The van der Waals surface area contributed by atoms with Gasteiger partial charge in [0.1, 0.15) is 5.82 Å². The van der Waals surface area contributed by atoms with Crippen molar-refractivity contribution in [3.8, 4) is 0 Å². The highest BCUT2D eigenvalue weighted by atomic mass is 32.2. The first-order chi connectivity index (χ1) is 10.6. The van der Waals surface area contributed by atoms with Gasteiger partial charge in [0, 0.05) is 26.2 Å². The maximum atomic E-state index is 13.2.